The molecule has 4 rings (SSSR count). The summed E-state index contributed by atoms with van der Waals surface area (Å²) in [7, 11) is 1.35. The quantitative estimate of drug-likeness (QED) is 0.0908. The van der Waals surface area contributed by atoms with Crippen LogP contribution < -0.4 is 9.47 Å². The van der Waals surface area contributed by atoms with E-state index in [1.54, 1.807) is 24.3 Å². The second kappa shape index (κ2) is 14.9. The van der Waals surface area contributed by atoms with E-state index in [1.807, 2.05) is 62.4 Å². The average molecular weight is 593 g/mol. The van der Waals surface area contributed by atoms with Gasteiger partial charge in [0.25, 0.3) is 0 Å². The molecule has 0 spiro atoms. The Labute approximate surface area is 257 Å². The second-order valence-corrected chi connectivity index (χ2v) is 10.7. The standard InChI is InChI=1S/C37H36O7/c1-24-17-29(20-33(22-38)35(24)43-15-13-27-5-9-31(10-6-27)26(3)40)19-30-18-25(2)36(34(21-30)23-39)44-16-14-28-7-11-32(12-8-28)37(41)42-4/h5-12,17-18,20-23H,13-16,19H2,1-4H3. The van der Waals surface area contributed by atoms with Crippen molar-refractivity contribution in [3.63, 3.8) is 0 Å². The molecule has 0 aliphatic carbocycles. The highest BCUT2D eigenvalue weighted by Gasteiger charge is 2.14. The number of aldehydes is 2. The van der Waals surface area contributed by atoms with Crippen molar-refractivity contribution in [2.24, 2.45) is 0 Å². The van der Waals surface area contributed by atoms with Gasteiger partial charge in [0.15, 0.2) is 18.4 Å². The molecular formula is C37H36O7. The predicted molar refractivity (Wildman–Crippen MR) is 169 cm³/mol. The molecule has 7 nitrogen and oxygen atoms in total. The van der Waals surface area contributed by atoms with Crippen LogP contribution in [0.4, 0.5) is 0 Å². The molecular weight excluding hydrogens is 556 g/mol. The molecule has 44 heavy (non-hydrogen) atoms. The van der Waals surface area contributed by atoms with E-state index in [0.29, 0.717) is 66.2 Å². The van der Waals surface area contributed by atoms with Crippen LogP contribution in [0.2, 0.25) is 0 Å². The summed E-state index contributed by atoms with van der Waals surface area (Å²) in [6.45, 7) is 6.12. The van der Waals surface area contributed by atoms with Gasteiger partial charge in [-0.2, -0.15) is 0 Å². The third-order valence-corrected chi connectivity index (χ3v) is 7.40. The molecule has 4 aromatic rings. The van der Waals surface area contributed by atoms with Gasteiger partial charge in [-0.1, -0.05) is 48.5 Å². The van der Waals surface area contributed by atoms with Crippen molar-refractivity contribution in [3.8, 4) is 11.5 Å². The van der Waals surface area contributed by atoms with Crippen LogP contribution in [0, 0.1) is 13.8 Å². The van der Waals surface area contributed by atoms with Crippen LogP contribution in [-0.4, -0.2) is 44.6 Å². The Morgan fingerprint density at radius 2 is 1.07 bits per heavy atom. The maximum absolute atomic E-state index is 12.0. The van der Waals surface area contributed by atoms with Crippen LogP contribution in [0.1, 0.15) is 81.7 Å². The number of Topliss-reactive ketones (excluding diaryl/α,β-unsaturated/α-hetero) is 1. The summed E-state index contributed by atoms with van der Waals surface area (Å²) in [6, 6.07) is 22.2. The second-order valence-electron chi connectivity index (χ2n) is 10.7. The van der Waals surface area contributed by atoms with Crippen LogP contribution in [0.5, 0.6) is 11.5 Å². The first-order valence-corrected chi connectivity index (χ1v) is 14.4. The van der Waals surface area contributed by atoms with Crippen molar-refractivity contribution in [2.45, 2.75) is 40.0 Å². The smallest absolute Gasteiger partial charge is 0.337 e. The van der Waals surface area contributed by atoms with Crippen LogP contribution in [0.15, 0.2) is 72.8 Å². The fraction of sp³-hybridized carbons (Fsp3) is 0.243. The summed E-state index contributed by atoms with van der Waals surface area (Å²) in [5.41, 5.74) is 7.67. The van der Waals surface area contributed by atoms with Crippen molar-refractivity contribution in [1.29, 1.82) is 0 Å². The maximum atomic E-state index is 12.0. The van der Waals surface area contributed by atoms with Crippen LogP contribution >= 0.6 is 0 Å². The molecule has 0 heterocycles. The lowest BCUT2D eigenvalue weighted by Crippen LogP contribution is -2.07. The number of carbonyl (C=O) groups excluding carboxylic acids is 4. The molecule has 0 N–H and O–H groups in total. The average Bonchev–Trinajstić information content (AvgIpc) is 3.02. The lowest BCUT2D eigenvalue weighted by atomic mass is 9.96. The van der Waals surface area contributed by atoms with Gasteiger partial charge in [0.2, 0.25) is 0 Å². The minimum atomic E-state index is -0.383. The number of carbonyl (C=O) groups is 4. The summed E-state index contributed by atoms with van der Waals surface area (Å²) in [5, 5.41) is 0. The van der Waals surface area contributed by atoms with Gasteiger partial charge in [0.05, 0.1) is 37.0 Å². The molecule has 0 fully saturated rings. The van der Waals surface area contributed by atoms with E-state index in [0.717, 1.165) is 46.0 Å². The molecule has 0 aromatic heterocycles. The Morgan fingerprint density at radius 3 is 1.45 bits per heavy atom. The van der Waals surface area contributed by atoms with E-state index in [1.165, 1.54) is 14.0 Å². The van der Waals surface area contributed by atoms with E-state index in [2.05, 4.69) is 0 Å². The highest BCUT2D eigenvalue weighted by atomic mass is 16.5. The minimum Gasteiger partial charge on any atom is -0.492 e. The van der Waals surface area contributed by atoms with Crippen LogP contribution in [0.25, 0.3) is 0 Å². The minimum absolute atomic E-state index is 0.0264. The summed E-state index contributed by atoms with van der Waals surface area (Å²) in [4.78, 5) is 47.1. The highest BCUT2D eigenvalue weighted by Crippen LogP contribution is 2.29. The molecule has 0 aliphatic rings. The number of hydrogen-bond donors (Lipinski definition) is 0. The Kier molecular flexibility index (Phi) is 10.8. The normalized spacial score (nSPS) is 10.6. The van der Waals surface area contributed by atoms with Gasteiger partial charge in [0.1, 0.15) is 11.5 Å². The van der Waals surface area contributed by atoms with E-state index in [-0.39, 0.29) is 11.8 Å². The first-order valence-electron chi connectivity index (χ1n) is 14.4. The Balaban J connectivity index is 1.40. The number of ketones is 1. The fourth-order valence-corrected chi connectivity index (χ4v) is 5.14. The number of benzene rings is 4. The lowest BCUT2D eigenvalue weighted by Gasteiger charge is -2.16. The van der Waals surface area contributed by atoms with Gasteiger partial charge in [0, 0.05) is 18.4 Å². The molecule has 4 aromatic carbocycles. The number of ether oxygens (including phenoxy) is 3. The van der Waals surface area contributed by atoms with Crippen molar-refractivity contribution < 1.29 is 33.4 Å². The zero-order chi connectivity index (χ0) is 31.6. The number of hydrogen-bond acceptors (Lipinski definition) is 7. The molecule has 0 saturated carbocycles. The van der Waals surface area contributed by atoms with E-state index >= 15 is 0 Å². The number of esters is 1. The number of rotatable bonds is 14. The van der Waals surface area contributed by atoms with Gasteiger partial charge < -0.3 is 14.2 Å². The Bertz CT molecular complexity index is 1650. The van der Waals surface area contributed by atoms with Crippen molar-refractivity contribution in [2.75, 3.05) is 20.3 Å². The van der Waals surface area contributed by atoms with Crippen LogP contribution in [0.3, 0.4) is 0 Å². The first kappa shape index (κ1) is 31.9. The predicted octanol–water partition coefficient (Wildman–Crippen LogP) is 6.75. The van der Waals surface area contributed by atoms with Gasteiger partial charge in [-0.15, -0.1) is 0 Å². The van der Waals surface area contributed by atoms with E-state index in [4.69, 9.17) is 14.2 Å². The maximum Gasteiger partial charge on any atom is 0.337 e. The van der Waals surface area contributed by atoms with Crippen molar-refractivity contribution >= 4 is 24.3 Å². The van der Waals surface area contributed by atoms with Gasteiger partial charge >= 0.3 is 5.97 Å². The highest BCUT2D eigenvalue weighted by molar-refractivity contribution is 5.94. The summed E-state index contributed by atoms with van der Waals surface area (Å²) in [5.74, 6) is 0.738. The molecule has 0 bridgehead atoms. The topological polar surface area (TPSA) is 96.0 Å². The monoisotopic (exact) mass is 592 g/mol. The summed E-state index contributed by atoms with van der Waals surface area (Å²) < 4.78 is 16.8. The number of aryl methyl sites for hydroxylation is 2. The molecule has 0 atom stereocenters. The largest absolute Gasteiger partial charge is 0.492 e. The van der Waals surface area contributed by atoms with Crippen LogP contribution in [-0.2, 0) is 24.0 Å². The van der Waals surface area contributed by atoms with E-state index in [9.17, 15) is 19.2 Å². The van der Waals surface area contributed by atoms with Gasteiger partial charge in [-0.3, -0.25) is 14.4 Å². The first-order chi connectivity index (χ1) is 21.2. The molecule has 226 valence electrons. The van der Waals surface area contributed by atoms with Crippen molar-refractivity contribution in [3.05, 3.63) is 128 Å². The zero-order valence-corrected chi connectivity index (χ0v) is 25.5. The molecule has 0 unspecified atom stereocenters. The SMILES string of the molecule is COC(=O)c1ccc(CCOc2c(C)cc(Cc3cc(C)c(OCCc4ccc(C(C)=O)cc4)c(C=O)c3)cc2C=O)cc1. The Morgan fingerprint density at radius 1 is 0.636 bits per heavy atom. The lowest BCUT2D eigenvalue weighted by molar-refractivity contribution is 0.0600. The third kappa shape index (κ3) is 8.07. The molecule has 0 aliphatic heterocycles. The van der Waals surface area contributed by atoms with Gasteiger partial charge in [-0.25, -0.2) is 4.79 Å². The number of methoxy groups -OCH3 is 1. The van der Waals surface area contributed by atoms with E-state index < -0.39 is 0 Å². The van der Waals surface area contributed by atoms with Gasteiger partial charge in [-0.05, 0) is 84.8 Å². The third-order valence-electron chi connectivity index (χ3n) is 7.40. The fourth-order valence-electron chi connectivity index (χ4n) is 5.14. The summed E-state index contributed by atoms with van der Waals surface area (Å²) in [6.07, 6.45) is 3.37. The summed E-state index contributed by atoms with van der Waals surface area (Å²) >= 11 is 0. The molecule has 7 heteroatoms. The molecule has 0 saturated heterocycles. The molecule has 0 radical (unpaired) electrons. The molecule has 0 amide bonds. The van der Waals surface area contributed by atoms with Crippen molar-refractivity contribution in [1.82, 2.24) is 0 Å². The Hall–Kier alpha value is -5.04. The zero-order valence-electron chi connectivity index (χ0n) is 25.5.